The first-order chi connectivity index (χ1) is 12.1. The number of carbonyl (C=O) groups excluding carboxylic acids is 2. The number of nitrogens with two attached hydrogens (primary N) is 1. The Bertz CT molecular complexity index is 759. The molecule has 0 bridgehead atoms. The van der Waals surface area contributed by atoms with E-state index in [1.807, 2.05) is 30.3 Å². The van der Waals surface area contributed by atoms with Crippen molar-refractivity contribution in [3.8, 4) is 0 Å². The predicted molar refractivity (Wildman–Crippen MR) is 94.7 cm³/mol. The van der Waals surface area contributed by atoms with Gasteiger partial charge < -0.3 is 16.0 Å². The van der Waals surface area contributed by atoms with E-state index in [0.29, 0.717) is 13.1 Å². The fraction of sp³-hybridized carbons (Fsp3) is 0.294. The molecule has 1 aliphatic heterocycles. The molecule has 0 aliphatic carbocycles. The van der Waals surface area contributed by atoms with Gasteiger partial charge in [0.2, 0.25) is 5.95 Å². The average Bonchev–Trinajstić information content (AvgIpc) is 2.63. The number of aromatic nitrogens is 2. The number of hydrogen-bond donors (Lipinski definition) is 3. The highest BCUT2D eigenvalue weighted by molar-refractivity contribution is 6.01. The van der Waals surface area contributed by atoms with Crippen LogP contribution in [0.25, 0.3) is 0 Å². The molecule has 0 spiro atoms. The quantitative estimate of drug-likeness (QED) is 0.790. The Hall–Kier alpha value is -3.16. The molecule has 1 aromatic carbocycles. The zero-order valence-corrected chi connectivity index (χ0v) is 13.7. The first kappa shape index (κ1) is 16.7. The first-order valence-corrected chi connectivity index (χ1v) is 8.18. The van der Waals surface area contributed by atoms with Crippen molar-refractivity contribution in [2.75, 3.05) is 23.7 Å². The number of hydrogen-bond acceptors (Lipinski definition) is 5. The molecule has 1 fully saturated rings. The lowest BCUT2D eigenvalue weighted by atomic mass is 10.1. The molecule has 2 heterocycles. The molecular weight excluding hydrogens is 320 g/mol. The van der Waals surface area contributed by atoms with Crippen molar-refractivity contribution >= 4 is 29.4 Å². The van der Waals surface area contributed by atoms with E-state index >= 15 is 0 Å². The molecule has 1 aromatic heterocycles. The van der Waals surface area contributed by atoms with Gasteiger partial charge in [-0.3, -0.25) is 10.1 Å². The summed E-state index contributed by atoms with van der Waals surface area (Å²) in [6, 6.07) is 9.08. The van der Waals surface area contributed by atoms with E-state index in [1.54, 1.807) is 4.90 Å². The van der Waals surface area contributed by atoms with E-state index < -0.39 is 5.91 Å². The van der Waals surface area contributed by atoms with Crippen molar-refractivity contribution in [1.82, 2.24) is 14.9 Å². The SMILES string of the molecule is NC(=O)c1cnc(Nc2ccccc2)nc1NC(=O)N1CCCCC1. The van der Waals surface area contributed by atoms with Gasteiger partial charge in [-0.2, -0.15) is 4.98 Å². The van der Waals surface area contributed by atoms with Crippen LogP contribution in [0.15, 0.2) is 36.5 Å². The molecule has 8 nitrogen and oxygen atoms in total. The van der Waals surface area contributed by atoms with Gasteiger partial charge in [-0.05, 0) is 31.4 Å². The second-order valence-corrected chi connectivity index (χ2v) is 5.79. The van der Waals surface area contributed by atoms with Gasteiger partial charge in [0, 0.05) is 25.0 Å². The molecular formula is C17H20N6O2. The second-order valence-electron chi connectivity index (χ2n) is 5.79. The number of nitrogens with one attached hydrogen (secondary N) is 2. The van der Waals surface area contributed by atoms with Gasteiger partial charge in [-0.25, -0.2) is 9.78 Å². The lowest BCUT2D eigenvalue weighted by Crippen LogP contribution is -2.39. The average molecular weight is 340 g/mol. The molecule has 0 saturated carbocycles. The molecule has 2 aromatic rings. The van der Waals surface area contributed by atoms with E-state index in [2.05, 4.69) is 20.6 Å². The Morgan fingerprint density at radius 3 is 2.48 bits per heavy atom. The number of anilines is 3. The highest BCUT2D eigenvalue weighted by atomic mass is 16.2. The van der Waals surface area contributed by atoms with Crippen LogP contribution in [0.4, 0.5) is 22.2 Å². The van der Waals surface area contributed by atoms with Crippen LogP contribution in [0.2, 0.25) is 0 Å². The summed E-state index contributed by atoms with van der Waals surface area (Å²) in [6.45, 7) is 1.38. The second kappa shape index (κ2) is 7.61. The number of primary amides is 1. The number of urea groups is 1. The summed E-state index contributed by atoms with van der Waals surface area (Å²) < 4.78 is 0. The normalized spacial score (nSPS) is 14.0. The molecule has 0 unspecified atom stereocenters. The minimum Gasteiger partial charge on any atom is -0.365 e. The number of carbonyl (C=O) groups is 2. The maximum atomic E-state index is 12.4. The van der Waals surface area contributed by atoms with Gasteiger partial charge in [0.15, 0.2) is 5.82 Å². The fourth-order valence-corrected chi connectivity index (χ4v) is 2.65. The monoisotopic (exact) mass is 340 g/mol. The van der Waals surface area contributed by atoms with Gasteiger partial charge in [0.05, 0.1) is 0 Å². The van der Waals surface area contributed by atoms with Crippen LogP contribution in [0, 0.1) is 0 Å². The summed E-state index contributed by atoms with van der Waals surface area (Å²) in [7, 11) is 0. The van der Waals surface area contributed by atoms with Crippen molar-refractivity contribution in [2.45, 2.75) is 19.3 Å². The summed E-state index contributed by atoms with van der Waals surface area (Å²) in [5.74, 6) is -0.318. The Balaban J connectivity index is 1.80. The van der Waals surface area contributed by atoms with Crippen molar-refractivity contribution < 1.29 is 9.59 Å². The standard InChI is InChI=1S/C17H20N6O2/c18-14(24)13-11-19-16(20-12-7-3-1-4-8-12)21-15(13)22-17(25)23-9-5-2-6-10-23/h1,3-4,7-8,11H,2,5-6,9-10H2,(H2,18,24)(H2,19,20,21,22,25). The van der Waals surface area contributed by atoms with E-state index in [9.17, 15) is 9.59 Å². The summed E-state index contributed by atoms with van der Waals surface area (Å²) in [6.07, 6.45) is 4.38. The zero-order chi connectivity index (χ0) is 17.6. The minimum absolute atomic E-state index is 0.0731. The van der Waals surface area contributed by atoms with Crippen molar-refractivity contribution in [3.05, 3.63) is 42.1 Å². The molecule has 25 heavy (non-hydrogen) atoms. The topological polar surface area (TPSA) is 113 Å². The third-order valence-electron chi connectivity index (χ3n) is 3.95. The van der Waals surface area contributed by atoms with Gasteiger partial charge in [0.25, 0.3) is 5.91 Å². The number of amides is 3. The Morgan fingerprint density at radius 2 is 1.80 bits per heavy atom. The van der Waals surface area contributed by atoms with Gasteiger partial charge in [0.1, 0.15) is 5.56 Å². The Morgan fingerprint density at radius 1 is 1.08 bits per heavy atom. The summed E-state index contributed by atoms with van der Waals surface area (Å²) >= 11 is 0. The lowest BCUT2D eigenvalue weighted by Gasteiger charge is -2.26. The first-order valence-electron chi connectivity index (χ1n) is 8.18. The summed E-state index contributed by atoms with van der Waals surface area (Å²) in [5, 5.41) is 5.71. The minimum atomic E-state index is -0.694. The van der Waals surface area contributed by atoms with E-state index in [0.717, 1.165) is 24.9 Å². The van der Waals surface area contributed by atoms with Crippen LogP contribution in [-0.4, -0.2) is 39.9 Å². The van der Waals surface area contributed by atoms with Gasteiger partial charge in [-0.15, -0.1) is 0 Å². The van der Waals surface area contributed by atoms with Crippen LogP contribution in [0.3, 0.4) is 0 Å². The number of benzene rings is 1. The van der Waals surface area contributed by atoms with Crippen LogP contribution < -0.4 is 16.4 Å². The van der Waals surface area contributed by atoms with E-state index in [1.165, 1.54) is 6.20 Å². The van der Waals surface area contributed by atoms with Crippen LogP contribution in [0.5, 0.6) is 0 Å². The molecule has 130 valence electrons. The zero-order valence-electron chi connectivity index (χ0n) is 13.7. The molecule has 8 heteroatoms. The molecule has 0 atom stereocenters. The molecule has 0 radical (unpaired) electrons. The number of nitrogens with zero attached hydrogens (tertiary/aromatic N) is 3. The number of rotatable bonds is 4. The predicted octanol–water partition coefficient (Wildman–Crippen LogP) is 2.34. The third-order valence-corrected chi connectivity index (χ3v) is 3.95. The number of likely N-dealkylation sites (tertiary alicyclic amines) is 1. The molecule has 3 rings (SSSR count). The van der Waals surface area contributed by atoms with E-state index in [4.69, 9.17) is 5.73 Å². The highest BCUT2D eigenvalue weighted by Crippen LogP contribution is 2.18. The van der Waals surface area contributed by atoms with Crippen molar-refractivity contribution in [2.24, 2.45) is 5.73 Å². The number of para-hydroxylation sites is 1. The fourth-order valence-electron chi connectivity index (χ4n) is 2.65. The lowest BCUT2D eigenvalue weighted by molar-refractivity contribution is 0.100. The van der Waals surface area contributed by atoms with Crippen molar-refractivity contribution in [3.63, 3.8) is 0 Å². The van der Waals surface area contributed by atoms with Crippen LogP contribution in [-0.2, 0) is 0 Å². The molecule has 1 aliphatic rings. The molecule has 1 saturated heterocycles. The van der Waals surface area contributed by atoms with Gasteiger partial charge in [-0.1, -0.05) is 18.2 Å². The van der Waals surface area contributed by atoms with Gasteiger partial charge >= 0.3 is 6.03 Å². The molecule has 3 amide bonds. The van der Waals surface area contributed by atoms with Crippen LogP contribution >= 0.6 is 0 Å². The van der Waals surface area contributed by atoms with E-state index in [-0.39, 0.29) is 23.4 Å². The third kappa shape index (κ3) is 4.23. The number of piperidine rings is 1. The van der Waals surface area contributed by atoms with Crippen LogP contribution in [0.1, 0.15) is 29.6 Å². The molecule has 4 N–H and O–H groups in total. The highest BCUT2D eigenvalue weighted by Gasteiger charge is 2.20. The maximum Gasteiger partial charge on any atom is 0.323 e. The maximum absolute atomic E-state index is 12.4. The summed E-state index contributed by atoms with van der Waals surface area (Å²) in [5.41, 5.74) is 6.23. The summed E-state index contributed by atoms with van der Waals surface area (Å²) in [4.78, 5) is 34.0. The Kier molecular flexibility index (Phi) is 5.08. The Labute approximate surface area is 145 Å². The largest absolute Gasteiger partial charge is 0.365 e. The smallest absolute Gasteiger partial charge is 0.323 e. The van der Waals surface area contributed by atoms with Crippen molar-refractivity contribution in [1.29, 1.82) is 0 Å².